The Bertz CT molecular complexity index is 509. The lowest BCUT2D eigenvalue weighted by atomic mass is 10.0. The molecule has 2 heterocycles. The summed E-state index contributed by atoms with van der Waals surface area (Å²) >= 11 is 0. The molecule has 1 N–H and O–H groups in total. The van der Waals surface area contributed by atoms with Crippen LogP contribution in [0.4, 0.5) is 0 Å². The third kappa shape index (κ3) is 2.58. The van der Waals surface area contributed by atoms with Crippen LogP contribution in [-0.4, -0.2) is 36.6 Å². The number of amides is 1. The average molecular weight is 274 g/mol. The third-order valence-electron chi connectivity index (χ3n) is 4.23. The van der Waals surface area contributed by atoms with Gasteiger partial charge in [0.1, 0.15) is 6.17 Å². The number of hydrogen-bond donors (Lipinski definition) is 1. The van der Waals surface area contributed by atoms with E-state index in [1.807, 2.05) is 4.90 Å². The van der Waals surface area contributed by atoms with Crippen molar-refractivity contribution in [1.29, 1.82) is 0 Å². The molecule has 0 bridgehead atoms. The highest BCUT2D eigenvalue weighted by atomic mass is 16.5. The van der Waals surface area contributed by atoms with Gasteiger partial charge in [0.05, 0.1) is 12.6 Å². The fraction of sp³-hybridized carbons (Fsp3) is 0.562. The van der Waals surface area contributed by atoms with Crippen LogP contribution in [0.2, 0.25) is 0 Å². The standard InChI is InChI=1S/C16H22N2O2/c1-11-5-6-12(2)14(8-11)16-17-9-15(19)18(16)10-13-4-3-7-20-13/h5-6,8,13,16-17H,3-4,7,9-10H2,1-2H3. The molecule has 2 aliphatic heterocycles. The van der Waals surface area contributed by atoms with Crippen molar-refractivity contribution in [3.8, 4) is 0 Å². The van der Waals surface area contributed by atoms with Gasteiger partial charge >= 0.3 is 0 Å². The van der Waals surface area contributed by atoms with E-state index < -0.39 is 0 Å². The number of rotatable bonds is 3. The first-order valence-electron chi connectivity index (χ1n) is 7.37. The normalized spacial score (nSPS) is 26.5. The smallest absolute Gasteiger partial charge is 0.238 e. The number of benzene rings is 1. The Morgan fingerprint density at radius 2 is 2.25 bits per heavy atom. The number of hydrogen-bond acceptors (Lipinski definition) is 3. The molecule has 1 aromatic rings. The van der Waals surface area contributed by atoms with Crippen molar-refractivity contribution in [3.05, 3.63) is 34.9 Å². The molecule has 108 valence electrons. The summed E-state index contributed by atoms with van der Waals surface area (Å²) in [7, 11) is 0. The molecule has 0 aliphatic carbocycles. The van der Waals surface area contributed by atoms with Crippen LogP contribution < -0.4 is 5.32 Å². The maximum atomic E-state index is 12.1. The van der Waals surface area contributed by atoms with Crippen LogP contribution in [0.25, 0.3) is 0 Å². The number of ether oxygens (including phenoxy) is 1. The van der Waals surface area contributed by atoms with Gasteiger partial charge in [0.25, 0.3) is 0 Å². The van der Waals surface area contributed by atoms with E-state index in [1.165, 1.54) is 16.7 Å². The molecule has 1 amide bonds. The van der Waals surface area contributed by atoms with Crippen LogP contribution in [0, 0.1) is 13.8 Å². The lowest BCUT2D eigenvalue weighted by Crippen LogP contribution is -2.37. The predicted octanol–water partition coefficient (Wildman–Crippen LogP) is 1.91. The maximum absolute atomic E-state index is 12.1. The van der Waals surface area contributed by atoms with Crippen molar-refractivity contribution in [3.63, 3.8) is 0 Å². The van der Waals surface area contributed by atoms with Crippen molar-refractivity contribution in [2.24, 2.45) is 0 Å². The van der Waals surface area contributed by atoms with E-state index in [0.717, 1.165) is 19.4 Å². The molecule has 2 fully saturated rings. The lowest BCUT2D eigenvalue weighted by molar-refractivity contribution is -0.129. The minimum Gasteiger partial charge on any atom is -0.376 e. The van der Waals surface area contributed by atoms with E-state index in [0.29, 0.717) is 13.1 Å². The van der Waals surface area contributed by atoms with Crippen molar-refractivity contribution in [2.75, 3.05) is 19.7 Å². The minimum absolute atomic E-state index is 0.00778. The monoisotopic (exact) mass is 274 g/mol. The molecule has 2 atom stereocenters. The molecule has 1 aromatic carbocycles. The number of aryl methyl sites for hydroxylation is 2. The van der Waals surface area contributed by atoms with Gasteiger partial charge in [0.15, 0.2) is 0 Å². The number of nitrogens with zero attached hydrogens (tertiary/aromatic N) is 1. The summed E-state index contributed by atoms with van der Waals surface area (Å²) in [6.45, 7) is 6.14. The highest BCUT2D eigenvalue weighted by molar-refractivity contribution is 5.81. The van der Waals surface area contributed by atoms with Crippen molar-refractivity contribution in [1.82, 2.24) is 10.2 Å². The van der Waals surface area contributed by atoms with Gasteiger partial charge in [0, 0.05) is 13.2 Å². The molecule has 0 spiro atoms. The molecule has 4 nitrogen and oxygen atoms in total. The molecule has 0 aromatic heterocycles. The Morgan fingerprint density at radius 1 is 1.40 bits per heavy atom. The zero-order valence-electron chi connectivity index (χ0n) is 12.2. The van der Waals surface area contributed by atoms with Crippen LogP contribution >= 0.6 is 0 Å². The van der Waals surface area contributed by atoms with E-state index in [-0.39, 0.29) is 18.2 Å². The van der Waals surface area contributed by atoms with Crippen LogP contribution in [0.15, 0.2) is 18.2 Å². The average Bonchev–Trinajstić information content (AvgIpc) is 3.05. The third-order valence-corrected chi connectivity index (χ3v) is 4.23. The summed E-state index contributed by atoms with van der Waals surface area (Å²) in [5, 5.41) is 3.34. The van der Waals surface area contributed by atoms with Crippen molar-refractivity contribution in [2.45, 2.75) is 39.0 Å². The Balaban J connectivity index is 1.83. The molecule has 2 unspecified atom stereocenters. The molecule has 4 heteroatoms. The molecular formula is C16H22N2O2. The molecule has 2 saturated heterocycles. The van der Waals surface area contributed by atoms with Crippen LogP contribution in [0.3, 0.4) is 0 Å². The van der Waals surface area contributed by atoms with Gasteiger partial charge < -0.3 is 9.64 Å². The number of carbonyl (C=O) groups is 1. The second-order valence-electron chi connectivity index (χ2n) is 5.82. The fourth-order valence-corrected chi connectivity index (χ4v) is 3.09. The number of carbonyl (C=O) groups excluding carboxylic acids is 1. The topological polar surface area (TPSA) is 41.6 Å². The second-order valence-corrected chi connectivity index (χ2v) is 5.82. The second kappa shape index (κ2) is 5.54. The van der Waals surface area contributed by atoms with Gasteiger partial charge in [-0.25, -0.2) is 0 Å². The molecule has 0 saturated carbocycles. The minimum atomic E-state index is -0.00778. The zero-order chi connectivity index (χ0) is 14.1. The zero-order valence-corrected chi connectivity index (χ0v) is 12.2. The number of nitrogens with one attached hydrogen (secondary N) is 1. The van der Waals surface area contributed by atoms with Crippen molar-refractivity contribution < 1.29 is 9.53 Å². The predicted molar refractivity (Wildman–Crippen MR) is 77.3 cm³/mol. The Kier molecular flexibility index (Phi) is 3.76. The molecule has 20 heavy (non-hydrogen) atoms. The lowest BCUT2D eigenvalue weighted by Gasteiger charge is -2.28. The first-order valence-corrected chi connectivity index (χ1v) is 7.37. The maximum Gasteiger partial charge on any atom is 0.238 e. The van der Waals surface area contributed by atoms with E-state index in [1.54, 1.807) is 0 Å². The van der Waals surface area contributed by atoms with Gasteiger partial charge in [0.2, 0.25) is 5.91 Å². The summed E-state index contributed by atoms with van der Waals surface area (Å²) in [6.07, 6.45) is 2.36. The molecule has 2 aliphatic rings. The first kappa shape index (κ1) is 13.6. The SMILES string of the molecule is Cc1ccc(C)c(C2NCC(=O)N2CC2CCCO2)c1. The van der Waals surface area contributed by atoms with Gasteiger partial charge in [-0.3, -0.25) is 10.1 Å². The summed E-state index contributed by atoms with van der Waals surface area (Å²) in [5.41, 5.74) is 3.65. The van der Waals surface area contributed by atoms with Crippen LogP contribution in [-0.2, 0) is 9.53 Å². The quantitative estimate of drug-likeness (QED) is 0.915. The van der Waals surface area contributed by atoms with E-state index in [9.17, 15) is 4.79 Å². The van der Waals surface area contributed by atoms with Crippen molar-refractivity contribution >= 4 is 5.91 Å². The van der Waals surface area contributed by atoms with Gasteiger partial charge in [-0.2, -0.15) is 0 Å². The van der Waals surface area contributed by atoms with Crippen LogP contribution in [0.5, 0.6) is 0 Å². The highest BCUT2D eigenvalue weighted by Gasteiger charge is 2.34. The summed E-state index contributed by atoms with van der Waals surface area (Å²) in [4.78, 5) is 14.1. The van der Waals surface area contributed by atoms with Gasteiger partial charge in [-0.15, -0.1) is 0 Å². The summed E-state index contributed by atoms with van der Waals surface area (Å²) in [5.74, 6) is 0.173. The highest BCUT2D eigenvalue weighted by Crippen LogP contribution is 2.27. The van der Waals surface area contributed by atoms with E-state index >= 15 is 0 Å². The summed E-state index contributed by atoms with van der Waals surface area (Å²) < 4.78 is 5.68. The fourth-order valence-electron chi connectivity index (χ4n) is 3.09. The molecule has 3 rings (SSSR count). The van der Waals surface area contributed by atoms with Gasteiger partial charge in [-0.1, -0.05) is 23.8 Å². The largest absolute Gasteiger partial charge is 0.376 e. The Hall–Kier alpha value is -1.39. The van der Waals surface area contributed by atoms with Gasteiger partial charge in [-0.05, 0) is 37.8 Å². The van der Waals surface area contributed by atoms with E-state index in [2.05, 4.69) is 37.4 Å². The Morgan fingerprint density at radius 3 is 3.00 bits per heavy atom. The van der Waals surface area contributed by atoms with E-state index in [4.69, 9.17) is 4.74 Å². The molecule has 0 radical (unpaired) electrons. The summed E-state index contributed by atoms with van der Waals surface area (Å²) in [6, 6.07) is 6.41. The van der Waals surface area contributed by atoms with Crippen LogP contribution in [0.1, 0.15) is 35.7 Å². The first-order chi connectivity index (χ1) is 9.65. The Labute approximate surface area is 120 Å². The molecular weight excluding hydrogens is 252 g/mol.